The first-order chi connectivity index (χ1) is 13.2. The smallest absolute Gasteiger partial charge is 0.336 e. The standard InChI is InChI=1S/C22H29NO4S/c1-6-28-10-9-26-21(25)18-14(3)23-15-11-22(4,5)12-16(24)19(15)20(18)17-8-7-13(2)27-17/h7-8,20,23H,6,9-12H2,1-5H3. The van der Waals surface area contributed by atoms with Gasteiger partial charge in [-0.2, -0.15) is 11.8 Å². The highest BCUT2D eigenvalue weighted by Gasteiger charge is 2.44. The first-order valence-electron chi connectivity index (χ1n) is 9.78. The summed E-state index contributed by atoms with van der Waals surface area (Å²) in [6.45, 7) is 10.3. The Bertz CT molecular complexity index is 846. The van der Waals surface area contributed by atoms with Crippen LogP contribution in [-0.2, 0) is 14.3 Å². The maximum absolute atomic E-state index is 13.1. The van der Waals surface area contributed by atoms with Gasteiger partial charge in [0, 0.05) is 29.1 Å². The van der Waals surface area contributed by atoms with Crippen LogP contribution in [0.5, 0.6) is 0 Å². The largest absolute Gasteiger partial charge is 0.465 e. The van der Waals surface area contributed by atoms with Gasteiger partial charge in [-0.1, -0.05) is 20.8 Å². The van der Waals surface area contributed by atoms with Crippen molar-refractivity contribution in [3.05, 3.63) is 46.2 Å². The Labute approximate surface area is 171 Å². The summed E-state index contributed by atoms with van der Waals surface area (Å²) in [5, 5.41) is 3.33. The maximum atomic E-state index is 13.1. The number of hydrogen-bond donors (Lipinski definition) is 1. The number of furan rings is 1. The number of rotatable bonds is 6. The number of aryl methyl sites for hydroxylation is 1. The predicted molar refractivity (Wildman–Crippen MR) is 111 cm³/mol. The number of dihydropyridines is 1. The number of hydrogen-bond acceptors (Lipinski definition) is 6. The Morgan fingerprint density at radius 3 is 2.71 bits per heavy atom. The molecule has 1 aliphatic heterocycles. The van der Waals surface area contributed by atoms with Crippen LogP contribution in [0.1, 0.15) is 58.0 Å². The van der Waals surface area contributed by atoms with E-state index in [2.05, 4.69) is 26.1 Å². The zero-order chi connectivity index (χ0) is 20.5. The first-order valence-corrected chi connectivity index (χ1v) is 10.9. The van der Waals surface area contributed by atoms with E-state index in [4.69, 9.17) is 9.15 Å². The van der Waals surface area contributed by atoms with E-state index in [0.717, 1.165) is 35.1 Å². The summed E-state index contributed by atoms with van der Waals surface area (Å²) in [6, 6.07) is 3.72. The topological polar surface area (TPSA) is 68.5 Å². The summed E-state index contributed by atoms with van der Waals surface area (Å²) in [7, 11) is 0. The summed E-state index contributed by atoms with van der Waals surface area (Å²) in [5.74, 6) is 2.28. The lowest BCUT2D eigenvalue weighted by atomic mass is 9.69. The highest BCUT2D eigenvalue weighted by Crippen LogP contribution is 2.47. The van der Waals surface area contributed by atoms with Crippen LogP contribution in [0.25, 0.3) is 0 Å². The molecular weight excluding hydrogens is 374 g/mol. The zero-order valence-corrected chi connectivity index (χ0v) is 18.1. The minimum atomic E-state index is -0.514. The van der Waals surface area contributed by atoms with Gasteiger partial charge in [-0.05, 0) is 43.6 Å². The molecule has 0 aromatic carbocycles. The molecule has 1 atom stereocenters. The Balaban J connectivity index is 1.99. The SMILES string of the molecule is CCSCCOC(=O)C1=C(C)NC2=C(C(=O)CC(C)(C)C2)C1c1ccc(C)o1. The first kappa shape index (κ1) is 20.8. The van der Waals surface area contributed by atoms with Gasteiger partial charge in [-0.3, -0.25) is 4.79 Å². The van der Waals surface area contributed by atoms with Gasteiger partial charge in [0.1, 0.15) is 18.1 Å². The van der Waals surface area contributed by atoms with E-state index in [0.29, 0.717) is 29.9 Å². The molecule has 0 amide bonds. The van der Waals surface area contributed by atoms with Gasteiger partial charge in [0.2, 0.25) is 0 Å². The minimum Gasteiger partial charge on any atom is -0.465 e. The van der Waals surface area contributed by atoms with Crippen LogP contribution in [0.2, 0.25) is 0 Å². The predicted octanol–water partition coefficient (Wildman–Crippen LogP) is 4.49. The Kier molecular flexibility index (Phi) is 6.08. The molecule has 2 aliphatic rings. The van der Waals surface area contributed by atoms with Crippen LogP contribution >= 0.6 is 11.8 Å². The molecule has 1 N–H and O–H groups in total. The fourth-order valence-electron chi connectivity index (χ4n) is 4.02. The Morgan fingerprint density at radius 1 is 1.32 bits per heavy atom. The van der Waals surface area contributed by atoms with E-state index >= 15 is 0 Å². The quantitative estimate of drug-likeness (QED) is 0.558. The third-order valence-electron chi connectivity index (χ3n) is 5.17. The molecule has 28 heavy (non-hydrogen) atoms. The van der Waals surface area contributed by atoms with Crippen molar-refractivity contribution >= 4 is 23.5 Å². The maximum Gasteiger partial charge on any atom is 0.336 e. The summed E-state index contributed by atoms with van der Waals surface area (Å²) >= 11 is 1.73. The molecular formula is C22H29NO4S. The van der Waals surface area contributed by atoms with E-state index in [1.165, 1.54) is 0 Å². The number of carbonyl (C=O) groups is 2. The van der Waals surface area contributed by atoms with Crippen LogP contribution in [-0.4, -0.2) is 29.9 Å². The molecule has 0 radical (unpaired) electrons. The lowest BCUT2D eigenvalue weighted by Gasteiger charge is -2.38. The normalized spacial score (nSPS) is 21.5. The molecule has 1 aromatic rings. The van der Waals surface area contributed by atoms with Crippen molar-refractivity contribution in [2.24, 2.45) is 5.41 Å². The number of carbonyl (C=O) groups excluding carboxylic acids is 2. The number of allylic oxidation sites excluding steroid dienone is 3. The van der Waals surface area contributed by atoms with Crippen LogP contribution in [0.15, 0.2) is 39.1 Å². The van der Waals surface area contributed by atoms with Crippen molar-refractivity contribution in [3.63, 3.8) is 0 Å². The van der Waals surface area contributed by atoms with E-state index in [-0.39, 0.29) is 17.2 Å². The number of Topliss-reactive ketones (excluding diaryl/α,β-unsaturated/α-hetero) is 1. The molecule has 5 nitrogen and oxygen atoms in total. The second kappa shape index (κ2) is 8.19. The third kappa shape index (κ3) is 4.22. The monoisotopic (exact) mass is 403 g/mol. The number of thioether (sulfide) groups is 1. The molecule has 152 valence electrons. The van der Waals surface area contributed by atoms with Crippen LogP contribution in [0, 0.1) is 12.3 Å². The summed E-state index contributed by atoms with van der Waals surface area (Å²) in [4.78, 5) is 26.1. The average molecular weight is 404 g/mol. The molecule has 2 heterocycles. The van der Waals surface area contributed by atoms with Gasteiger partial charge in [-0.15, -0.1) is 0 Å². The van der Waals surface area contributed by atoms with Crippen molar-refractivity contribution in [2.45, 2.75) is 53.4 Å². The van der Waals surface area contributed by atoms with Crippen molar-refractivity contribution in [1.82, 2.24) is 5.32 Å². The summed E-state index contributed by atoms with van der Waals surface area (Å²) < 4.78 is 11.4. The molecule has 1 aromatic heterocycles. The molecule has 3 rings (SSSR count). The lowest BCUT2D eigenvalue weighted by molar-refractivity contribution is -0.138. The molecule has 1 aliphatic carbocycles. The van der Waals surface area contributed by atoms with Crippen molar-refractivity contribution in [3.8, 4) is 0 Å². The van der Waals surface area contributed by atoms with Crippen LogP contribution < -0.4 is 5.32 Å². The van der Waals surface area contributed by atoms with Gasteiger partial charge in [0.25, 0.3) is 0 Å². The zero-order valence-electron chi connectivity index (χ0n) is 17.3. The fourth-order valence-corrected chi connectivity index (χ4v) is 4.50. The Hall–Kier alpha value is -1.95. The molecule has 0 bridgehead atoms. The van der Waals surface area contributed by atoms with Gasteiger partial charge >= 0.3 is 5.97 Å². The second-order valence-electron chi connectivity index (χ2n) is 8.21. The van der Waals surface area contributed by atoms with E-state index < -0.39 is 5.92 Å². The summed E-state index contributed by atoms with van der Waals surface area (Å²) in [6.07, 6.45) is 1.22. The minimum absolute atomic E-state index is 0.0668. The van der Waals surface area contributed by atoms with Gasteiger partial charge in [0.15, 0.2) is 5.78 Å². The molecule has 0 spiro atoms. The van der Waals surface area contributed by atoms with E-state index in [1.54, 1.807) is 11.8 Å². The van der Waals surface area contributed by atoms with Crippen molar-refractivity contribution in [1.29, 1.82) is 0 Å². The number of ether oxygens (including phenoxy) is 1. The highest BCUT2D eigenvalue weighted by atomic mass is 32.2. The van der Waals surface area contributed by atoms with Crippen LogP contribution in [0.4, 0.5) is 0 Å². The third-order valence-corrected chi connectivity index (χ3v) is 6.03. The average Bonchev–Trinajstić information content (AvgIpc) is 3.02. The van der Waals surface area contributed by atoms with Crippen molar-refractivity contribution < 1.29 is 18.7 Å². The van der Waals surface area contributed by atoms with E-state index in [9.17, 15) is 9.59 Å². The van der Waals surface area contributed by atoms with Gasteiger partial charge in [-0.25, -0.2) is 4.79 Å². The fraction of sp³-hybridized carbons (Fsp3) is 0.545. The molecule has 0 saturated carbocycles. The summed E-state index contributed by atoms with van der Waals surface area (Å²) in [5.41, 5.74) is 2.64. The number of nitrogens with one attached hydrogen (secondary N) is 1. The lowest BCUT2D eigenvalue weighted by Crippen LogP contribution is -2.38. The van der Waals surface area contributed by atoms with Crippen LogP contribution in [0.3, 0.4) is 0 Å². The molecule has 6 heteroatoms. The van der Waals surface area contributed by atoms with Gasteiger partial charge in [0.05, 0.1) is 11.5 Å². The highest BCUT2D eigenvalue weighted by molar-refractivity contribution is 7.99. The molecule has 1 unspecified atom stereocenters. The Morgan fingerprint density at radius 2 is 2.07 bits per heavy atom. The van der Waals surface area contributed by atoms with Gasteiger partial charge < -0.3 is 14.5 Å². The molecule has 0 saturated heterocycles. The van der Waals surface area contributed by atoms with E-state index in [1.807, 2.05) is 26.0 Å². The van der Waals surface area contributed by atoms with Crippen molar-refractivity contribution in [2.75, 3.05) is 18.1 Å². The second-order valence-corrected chi connectivity index (χ2v) is 9.60. The number of ketones is 1. The molecule has 0 fully saturated rings. The number of esters is 1.